The molecule has 0 radical (unpaired) electrons. The molecule has 92 valence electrons. The zero-order valence-electron chi connectivity index (χ0n) is 9.91. The number of halogens is 2. The van der Waals surface area contributed by atoms with Gasteiger partial charge in [0.1, 0.15) is 11.6 Å². The van der Waals surface area contributed by atoms with Gasteiger partial charge in [-0.05, 0) is 30.2 Å². The van der Waals surface area contributed by atoms with Gasteiger partial charge in [0.25, 0.3) is 0 Å². The Morgan fingerprint density at radius 3 is 2.67 bits per heavy atom. The van der Waals surface area contributed by atoms with E-state index in [9.17, 15) is 9.18 Å². The first kappa shape index (κ1) is 13.0. The molecular weight excluding hydrogens is 295 g/mol. The Morgan fingerprint density at radius 1 is 1.22 bits per heavy atom. The van der Waals surface area contributed by atoms with E-state index in [2.05, 4.69) is 15.9 Å². The van der Waals surface area contributed by atoms with Crippen LogP contribution in [0.1, 0.15) is 12.5 Å². The summed E-state index contributed by atoms with van der Waals surface area (Å²) in [6.45, 7) is 1.55. The standard InChI is InChI=1S/C15H12BrFO/c1-10(18)7-11-3-2-4-12(8-11)14-6-5-13(16)9-15(14)17/h2-6,8-9H,7H2,1H3. The maximum Gasteiger partial charge on any atom is 0.134 e. The molecule has 2 aromatic rings. The van der Waals surface area contributed by atoms with Crippen LogP contribution in [0.15, 0.2) is 46.9 Å². The van der Waals surface area contributed by atoms with E-state index >= 15 is 0 Å². The number of benzene rings is 2. The van der Waals surface area contributed by atoms with Crippen molar-refractivity contribution in [3.05, 3.63) is 58.3 Å². The van der Waals surface area contributed by atoms with Gasteiger partial charge in [0, 0.05) is 16.5 Å². The molecular formula is C15H12BrFO. The molecule has 1 nitrogen and oxygen atoms in total. The van der Waals surface area contributed by atoms with Crippen LogP contribution < -0.4 is 0 Å². The number of hydrogen-bond donors (Lipinski definition) is 0. The van der Waals surface area contributed by atoms with E-state index in [0.717, 1.165) is 11.1 Å². The summed E-state index contributed by atoms with van der Waals surface area (Å²) in [6.07, 6.45) is 0.381. The number of rotatable bonds is 3. The molecule has 0 amide bonds. The van der Waals surface area contributed by atoms with Crippen LogP contribution in [0, 0.1) is 5.82 Å². The summed E-state index contributed by atoms with van der Waals surface area (Å²) in [4.78, 5) is 11.1. The van der Waals surface area contributed by atoms with Gasteiger partial charge in [0.15, 0.2) is 0 Å². The van der Waals surface area contributed by atoms with E-state index in [1.54, 1.807) is 19.1 Å². The molecule has 0 saturated carbocycles. The summed E-state index contributed by atoms with van der Waals surface area (Å²) in [5.41, 5.74) is 2.24. The van der Waals surface area contributed by atoms with Gasteiger partial charge in [-0.1, -0.05) is 46.3 Å². The van der Waals surface area contributed by atoms with Gasteiger partial charge >= 0.3 is 0 Å². The molecule has 0 N–H and O–H groups in total. The lowest BCUT2D eigenvalue weighted by Gasteiger charge is -2.06. The fourth-order valence-electron chi connectivity index (χ4n) is 1.86. The zero-order chi connectivity index (χ0) is 13.1. The van der Waals surface area contributed by atoms with Crippen molar-refractivity contribution in [2.75, 3.05) is 0 Å². The monoisotopic (exact) mass is 306 g/mol. The Labute approximate surface area is 114 Å². The highest BCUT2D eigenvalue weighted by molar-refractivity contribution is 9.10. The summed E-state index contributed by atoms with van der Waals surface area (Å²) in [6, 6.07) is 12.4. The van der Waals surface area contributed by atoms with Gasteiger partial charge in [-0.3, -0.25) is 4.79 Å². The van der Waals surface area contributed by atoms with Gasteiger partial charge in [-0.15, -0.1) is 0 Å². The Hall–Kier alpha value is -1.48. The molecule has 3 heteroatoms. The Kier molecular flexibility index (Phi) is 3.92. The first-order valence-electron chi connectivity index (χ1n) is 5.60. The second kappa shape index (κ2) is 5.44. The predicted molar refractivity (Wildman–Crippen MR) is 73.9 cm³/mol. The van der Waals surface area contributed by atoms with E-state index in [4.69, 9.17) is 0 Å². The average molecular weight is 307 g/mol. The molecule has 0 atom stereocenters. The quantitative estimate of drug-likeness (QED) is 0.822. The van der Waals surface area contributed by atoms with Crippen LogP contribution in [0.4, 0.5) is 4.39 Å². The summed E-state index contributed by atoms with van der Waals surface area (Å²) >= 11 is 3.23. The lowest BCUT2D eigenvalue weighted by atomic mass is 10.0. The lowest BCUT2D eigenvalue weighted by Crippen LogP contribution is -1.96. The van der Waals surface area contributed by atoms with Gasteiger partial charge < -0.3 is 0 Å². The maximum absolute atomic E-state index is 13.8. The number of hydrogen-bond acceptors (Lipinski definition) is 1. The van der Waals surface area contributed by atoms with Crippen molar-refractivity contribution in [3.8, 4) is 11.1 Å². The van der Waals surface area contributed by atoms with Crippen LogP contribution in [0.2, 0.25) is 0 Å². The summed E-state index contributed by atoms with van der Waals surface area (Å²) in [7, 11) is 0. The highest BCUT2D eigenvalue weighted by Crippen LogP contribution is 2.26. The molecule has 0 spiro atoms. The third kappa shape index (κ3) is 3.05. The SMILES string of the molecule is CC(=O)Cc1cccc(-c2ccc(Br)cc2F)c1. The topological polar surface area (TPSA) is 17.1 Å². The molecule has 0 aliphatic rings. The Bertz CT molecular complexity index is 593. The minimum atomic E-state index is -0.274. The van der Waals surface area contributed by atoms with E-state index in [1.807, 2.05) is 24.3 Å². The van der Waals surface area contributed by atoms with Gasteiger partial charge in [0.2, 0.25) is 0 Å². The summed E-state index contributed by atoms with van der Waals surface area (Å²) in [5, 5.41) is 0. The number of carbonyl (C=O) groups excluding carboxylic acids is 1. The third-order valence-corrected chi connectivity index (χ3v) is 3.12. The highest BCUT2D eigenvalue weighted by atomic mass is 79.9. The van der Waals surface area contributed by atoms with Crippen LogP contribution in [0.5, 0.6) is 0 Å². The van der Waals surface area contributed by atoms with E-state index in [-0.39, 0.29) is 11.6 Å². The molecule has 0 unspecified atom stereocenters. The van der Waals surface area contributed by atoms with Gasteiger partial charge in [0.05, 0.1) is 0 Å². The van der Waals surface area contributed by atoms with E-state index in [0.29, 0.717) is 16.5 Å². The van der Waals surface area contributed by atoms with Gasteiger partial charge in [-0.2, -0.15) is 0 Å². The summed E-state index contributed by atoms with van der Waals surface area (Å²) < 4.78 is 14.5. The molecule has 2 rings (SSSR count). The highest BCUT2D eigenvalue weighted by Gasteiger charge is 2.06. The predicted octanol–water partition coefficient (Wildman–Crippen LogP) is 4.39. The third-order valence-electron chi connectivity index (χ3n) is 2.62. The minimum absolute atomic E-state index is 0.100. The van der Waals surface area contributed by atoms with E-state index < -0.39 is 0 Å². The smallest absolute Gasteiger partial charge is 0.134 e. The number of Topliss-reactive ketones (excluding diaryl/α,β-unsaturated/α-hetero) is 1. The van der Waals surface area contributed by atoms with Crippen LogP contribution in [0.3, 0.4) is 0 Å². The first-order chi connectivity index (χ1) is 8.56. The van der Waals surface area contributed by atoms with Crippen molar-refractivity contribution in [1.29, 1.82) is 0 Å². The maximum atomic E-state index is 13.8. The summed E-state index contributed by atoms with van der Waals surface area (Å²) in [5.74, 6) is -0.173. The number of ketones is 1. The number of carbonyl (C=O) groups is 1. The van der Waals surface area contributed by atoms with Crippen LogP contribution in [-0.4, -0.2) is 5.78 Å². The fraction of sp³-hybridized carbons (Fsp3) is 0.133. The van der Waals surface area contributed by atoms with Crippen molar-refractivity contribution < 1.29 is 9.18 Å². The zero-order valence-corrected chi connectivity index (χ0v) is 11.5. The second-order valence-corrected chi connectivity index (χ2v) is 5.12. The lowest BCUT2D eigenvalue weighted by molar-refractivity contribution is -0.116. The molecule has 0 fully saturated rings. The van der Waals surface area contributed by atoms with Crippen molar-refractivity contribution in [3.63, 3.8) is 0 Å². The van der Waals surface area contributed by atoms with Crippen LogP contribution in [0.25, 0.3) is 11.1 Å². The van der Waals surface area contributed by atoms with Crippen molar-refractivity contribution in [2.24, 2.45) is 0 Å². The first-order valence-corrected chi connectivity index (χ1v) is 6.39. The normalized spacial score (nSPS) is 10.4. The van der Waals surface area contributed by atoms with E-state index in [1.165, 1.54) is 6.07 Å². The molecule has 0 aliphatic carbocycles. The largest absolute Gasteiger partial charge is 0.300 e. The molecule has 0 aliphatic heterocycles. The second-order valence-electron chi connectivity index (χ2n) is 4.20. The van der Waals surface area contributed by atoms with Crippen LogP contribution in [-0.2, 0) is 11.2 Å². The average Bonchev–Trinajstić information content (AvgIpc) is 2.28. The Morgan fingerprint density at radius 2 is 2.00 bits per heavy atom. The minimum Gasteiger partial charge on any atom is -0.300 e. The molecule has 2 aromatic carbocycles. The van der Waals surface area contributed by atoms with Crippen molar-refractivity contribution in [2.45, 2.75) is 13.3 Å². The molecule has 0 bridgehead atoms. The van der Waals surface area contributed by atoms with Crippen molar-refractivity contribution in [1.82, 2.24) is 0 Å². The fourth-order valence-corrected chi connectivity index (χ4v) is 2.19. The molecule has 0 saturated heterocycles. The Balaban J connectivity index is 2.41. The van der Waals surface area contributed by atoms with Crippen LogP contribution >= 0.6 is 15.9 Å². The van der Waals surface area contributed by atoms with Crippen molar-refractivity contribution >= 4 is 21.7 Å². The molecule has 0 heterocycles. The molecule has 0 aromatic heterocycles. The van der Waals surface area contributed by atoms with Gasteiger partial charge in [-0.25, -0.2) is 4.39 Å². The molecule has 18 heavy (non-hydrogen) atoms.